The molecule has 0 bridgehead atoms. The summed E-state index contributed by atoms with van der Waals surface area (Å²) in [6.45, 7) is 2.31. The van der Waals surface area contributed by atoms with Gasteiger partial charge in [0.2, 0.25) is 0 Å². The van der Waals surface area contributed by atoms with E-state index in [1.165, 1.54) is 35.2 Å². The fourth-order valence-electron chi connectivity index (χ4n) is 3.28. The Labute approximate surface area is 183 Å². The summed E-state index contributed by atoms with van der Waals surface area (Å²) in [5.41, 5.74) is 0.707. The summed E-state index contributed by atoms with van der Waals surface area (Å²) < 4.78 is 0. The van der Waals surface area contributed by atoms with E-state index < -0.39 is 17.7 Å². The van der Waals surface area contributed by atoms with Crippen molar-refractivity contribution < 1.29 is 19.8 Å². The van der Waals surface area contributed by atoms with Crippen LogP contribution in [0.4, 0.5) is 0 Å². The lowest BCUT2D eigenvalue weighted by molar-refractivity contribution is -0.139. The third kappa shape index (κ3) is 4.08. The number of halogens is 3. The SMILES string of the molecule is CCCCN1C(=O)C(=O)/C(=C(\O)c2ccc(Cl)c(Cl)c2)C1c1ccc(O)c(Cl)c1. The Morgan fingerprint density at radius 3 is 2.38 bits per heavy atom. The number of aliphatic hydroxyl groups is 1. The van der Waals surface area contributed by atoms with E-state index in [2.05, 4.69) is 0 Å². The summed E-state index contributed by atoms with van der Waals surface area (Å²) in [6, 6.07) is 8.04. The van der Waals surface area contributed by atoms with Gasteiger partial charge < -0.3 is 15.1 Å². The van der Waals surface area contributed by atoms with E-state index in [0.717, 1.165) is 6.42 Å². The van der Waals surface area contributed by atoms with Gasteiger partial charge in [-0.1, -0.05) is 54.2 Å². The van der Waals surface area contributed by atoms with Crippen molar-refractivity contribution in [2.24, 2.45) is 0 Å². The quantitative estimate of drug-likeness (QED) is 0.351. The lowest BCUT2D eigenvalue weighted by atomic mass is 9.95. The molecule has 0 radical (unpaired) electrons. The van der Waals surface area contributed by atoms with Crippen LogP contribution in [0.2, 0.25) is 15.1 Å². The van der Waals surface area contributed by atoms with Crippen LogP contribution < -0.4 is 0 Å². The minimum absolute atomic E-state index is 0.0637. The predicted molar refractivity (Wildman–Crippen MR) is 113 cm³/mol. The van der Waals surface area contributed by atoms with Crippen LogP contribution in [-0.2, 0) is 9.59 Å². The largest absolute Gasteiger partial charge is 0.507 e. The van der Waals surface area contributed by atoms with Crippen LogP contribution in [0.1, 0.15) is 36.9 Å². The zero-order valence-corrected chi connectivity index (χ0v) is 17.7. The Balaban J connectivity index is 2.20. The van der Waals surface area contributed by atoms with Crippen LogP contribution in [0.3, 0.4) is 0 Å². The number of unbranched alkanes of at least 4 members (excludes halogenated alkanes) is 1. The molecule has 1 amide bonds. The number of benzene rings is 2. The van der Waals surface area contributed by atoms with Crippen molar-refractivity contribution >= 4 is 52.3 Å². The van der Waals surface area contributed by atoms with Crippen LogP contribution in [0.15, 0.2) is 42.0 Å². The highest BCUT2D eigenvalue weighted by Crippen LogP contribution is 2.41. The first kappa shape index (κ1) is 21.5. The smallest absolute Gasteiger partial charge is 0.295 e. The highest BCUT2D eigenvalue weighted by atomic mass is 35.5. The van der Waals surface area contributed by atoms with Crippen molar-refractivity contribution in [3.8, 4) is 5.75 Å². The highest BCUT2D eigenvalue weighted by molar-refractivity contribution is 6.47. The number of likely N-dealkylation sites (tertiary alicyclic amines) is 1. The standard InChI is InChI=1S/C21H18Cl3NO4/c1-2-3-8-25-18(11-5-7-16(26)15(24)9-11)17(20(28)21(25)29)19(27)12-4-6-13(22)14(23)10-12/h4-7,9-10,18,26-27H,2-3,8H2,1H3/b19-17-. The number of amides is 1. The van der Waals surface area contributed by atoms with Crippen LogP contribution in [-0.4, -0.2) is 33.3 Å². The third-order valence-electron chi connectivity index (χ3n) is 4.77. The Morgan fingerprint density at radius 2 is 1.76 bits per heavy atom. The maximum absolute atomic E-state index is 12.8. The van der Waals surface area contributed by atoms with Gasteiger partial charge in [0.05, 0.1) is 26.7 Å². The molecule has 1 aliphatic rings. The second-order valence-electron chi connectivity index (χ2n) is 6.69. The lowest BCUT2D eigenvalue weighted by Crippen LogP contribution is -2.30. The summed E-state index contributed by atoms with van der Waals surface area (Å²) in [5.74, 6) is -1.96. The van der Waals surface area contributed by atoms with Crippen molar-refractivity contribution in [2.75, 3.05) is 6.54 Å². The second kappa shape index (κ2) is 8.66. The van der Waals surface area contributed by atoms with E-state index in [-0.39, 0.29) is 32.7 Å². The minimum Gasteiger partial charge on any atom is -0.507 e. The van der Waals surface area contributed by atoms with Gasteiger partial charge in [-0.2, -0.15) is 0 Å². The van der Waals surface area contributed by atoms with E-state index in [9.17, 15) is 19.8 Å². The Morgan fingerprint density at radius 1 is 1.03 bits per heavy atom. The number of phenolic OH excluding ortho intramolecular Hbond substituents is 1. The van der Waals surface area contributed by atoms with E-state index in [1.54, 1.807) is 6.07 Å². The molecule has 152 valence electrons. The highest BCUT2D eigenvalue weighted by Gasteiger charge is 2.45. The fraction of sp³-hybridized carbons (Fsp3) is 0.238. The van der Waals surface area contributed by atoms with E-state index in [0.29, 0.717) is 23.6 Å². The lowest BCUT2D eigenvalue weighted by Gasteiger charge is -2.25. The fourth-order valence-corrected chi connectivity index (χ4v) is 3.76. The van der Waals surface area contributed by atoms with Crippen molar-refractivity contribution in [1.29, 1.82) is 0 Å². The molecule has 2 N–H and O–H groups in total. The molecular formula is C21H18Cl3NO4. The molecule has 29 heavy (non-hydrogen) atoms. The summed E-state index contributed by atoms with van der Waals surface area (Å²) >= 11 is 18.0. The maximum Gasteiger partial charge on any atom is 0.295 e. The van der Waals surface area contributed by atoms with Crippen LogP contribution >= 0.6 is 34.8 Å². The number of phenols is 1. The Bertz CT molecular complexity index is 1020. The first-order valence-electron chi connectivity index (χ1n) is 8.98. The second-order valence-corrected chi connectivity index (χ2v) is 7.91. The van der Waals surface area contributed by atoms with Crippen molar-refractivity contribution in [3.63, 3.8) is 0 Å². The number of carbonyl (C=O) groups excluding carboxylic acids is 2. The average molecular weight is 455 g/mol. The van der Waals surface area contributed by atoms with E-state index in [4.69, 9.17) is 34.8 Å². The molecular weight excluding hydrogens is 437 g/mol. The molecule has 1 saturated heterocycles. The monoisotopic (exact) mass is 453 g/mol. The maximum atomic E-state index is 12.8. The van der Waals surface area contributed by atoms with Gasteiger partial charge in [-0.15, -0.1) is 0 Å². The molecule has 0 aliphatic carbocycles. The van der Waals surface area contributed by atoms with Gasteiger partial charge in [0.25, 0.3) is 11.7 Å². The molecule has 1 unspecified atom stereocenters. The Kier molecular flexibility index (Phi) is 6.42. The molecule has 5 nitrogen and oxygen atoms in total. The van der Waals surface area contributed by atoms with E-state index in [1.807, 2.05) is 6.92 Å². The minimum atomic E-state index is -0.839. The summed E-state index contributed by atoms with van der Waals surface area (Å²) in [6.07, 6.45) is 1.50. The molecule has 0 aromatic heterocycles. The molecule has 1 fully saturated rings. The van der Waals surface area contributed by atoms with Crippen LogP contribution in [0.5, 0.6) is 5.75 Å². The van der Waals surface area contributed by atoms with Gasteiger partial charge in [0, 0.05) is 12.1 Å². The number of ketones is 1. The normalized spacial score (nSPS) is 18.5. The van der Waals surface area contributed by atoms with Gasteiger partial charge in [-0.05, 0) is 42.3 Å². The molecule has 1 atom stereocenters. The predicted octanol–water partition coefficient (Wildman–Crippen LogP) is 5.57. The third-order valence-corrected chi connectivity index (χ3v) is 5.81. The summed E-state index contributed by atoms with van der Waals surface area (Å²) in [7, 11) is 0. The van der Waals surface area contributed by atoms with Crippen molar-refractivity contribution in [3.05, 3.63) is 68.2 Å². The molecule has 2 aromatic carbocycles. The number of Topliss-reactive ketones (excluding diaryl/α,β-unsaturated/α-hetero) is 1. The van der Waals surface area contributed by atoms with E-state index >= 15 is 0 Å². The summed E-state index contributed by atoms with van der Waals surface area (Å²) in [4.78, 5) is 27.0. The van der Waals surface area contributed by atoms with Gasteiger partial charge in [-0.3, -0.25) is 9.59 Å². The molecule has 8 heteroatoms. The van der Waals surface area contributed by atoms with Gasteiger partial charge in [0.1, 0.15) is 11.5 Å². The number of carbonyl (C=O) groups is 2. The number of aliphatic hydroxyl groups excluding tert-OH is 1. The molecule has 0 spiro atoms. The number of hydrogen-bond donors (Lipinski definition) is 2. The van der Waals surface area contributed by atoms with Gasteiger partial charge in [0.15, 0.2) is 0 Å². The molecule has 1 heterocycles. The zero-order valence-electron chi connectivity index (χ0n) is 15.5. The zero-order chi connectivity index (χ0) is 21.3. The van der Waals surface area contributed by atoms with Gasteiger partial charge >= 0.3 is 0 Å². The molecule has 1 aliphatic heterocycles. The first-order chi connectivity index (χ1) is 13.8. The Hall–Kier alpha value is -2.21. The van der Waals surface area contributed by atoms with Gasteiger partial charge in [-0.25, -0.2) is 0 Å². The first-order valence-corrected chi connectivity index (χ1v) is 10.1. The van der Waals surface area contributed by atoms with Crippen molar-refractivity contribution in [2.45, 2.75) is 25.8 Å². The van der Waals surface area contributed by atoms with Crippen molar-refractivity contribution in [1.82, 2.24) is 4.90 Å². The van der Waals surface area contributed by atoms with Crippen LogP contribution in [0.25, 0.3) is 5.76 Å². The number of nitrogens with zero attached hydrogens (tertiary/aromatic N) is 1. The number of aromatic hydroxyl groups is 1. The van der Waals surface area contributed by atoms with Crippen LogP contribution in [0, 0.1) is 0 Å². The molecule has 2 aromatic rings. The summed E-state index contributed by atoms with van der Waals surface area (Å²) in [5, 5.41) is 21.2. The number of hydrogen-bond acceptors (Lipinski definition) is 4. The molecule has 0 saturated carbocycles. The number of rotatable bonds is 5. The average Bonchev–Trinajstić information content (AvgIpc) is 2.94. The topological polar surface area (TPSA) is 77.8 Å². The molecule has 3 rings (SSSR count).